The Balaban J connectivity index is 1.61. The topological polar surface area (TPSA) is 120 Å². The molecule has 0 unspecified atom stereocenters. The first kappa shape index (κ1) is 22.0. The van der Waals surface area contributed by atoms with Gasteiger partial charge < -0.3 is 5.73 Å². The number of nitrogens with two attached hydrogens (primary N) is 1. The highest BCUT2D eigenvalue weighted by molar-refractivity contribution is 7.98. The maximum absolute atomic E-state index is 11.5. The second-order valence-corrected chi connectivity index (χ2v) is 8.60. The van der Waals surface area contributed by atoms with Gasteiger partial charge in [0.2, 0.25) is 5.91 Å². The minimum absolute atomic E-state index is 0.113. The van der Waals surface area contributed by atoms with Crippen molar-refractivity contribution >= 4 is 23.4 Å². The molecule has 0 bridgehead atoms. The average molecular weight is 453 g/mol. The third-order valence-corrected chi connectivity index (χ3v) is 6.43. The first-order valence-corrected chi connectivity index (χ1v) is 11.4. The maximum Gasteiger partial charge on any atom is 0.274 e. The van der Waals surface area contributed by atoms with Crippen molar-refractivity contribution in [2.45, 2.75) is 36.7 Å². The lowest BCUT2D eigenvalue weighted by molar-refractivity contribution is -0.385. The number of nitrogens with zero attached hydrogens (tertiary/aromatic N) is 5. The van der Waals surface area contributed by atoms with Gasteiger partial charge in [0.25, 0.3) is 5.69 Å². The third-order valence-electron chi connectivity index (χ3n) is 5.45. The maximum atomic E-state index is 11.5. The second kappa shape index (κ2) is 9.92. The number of hydrogen-bond donors (Lipinski definition) is 1. The van der Waals surface area contributed by atoms with Crippen LogP contribution in [0.5, 0.6) is 0 Å². The normalized spacial score (nSPS) is 14.4. The summed E-state index contributed by atoms with van der Waals surface area (Å²) in [6.45, 7) is 2.79. The molecule has 9 nitrogen and oxygen atoms in total. The van der Waals surface area contributed by atoms with Crippen LogP contribution in [0.1, 0.15) is 41.0 Å². The zero-order valence-corrected chi connectivity index (χ0v) is 18.3. The molecule has 1 fully saturated rings. The average Bonchev–Trinajstić information content (AvgIpc) is 3.21. The molecule has 0 aliphatic carbocycles. The molecule has 2 N–H and O–H groups in total. The molecule has 0 saturated carbocycles. The van der Waals surface area contributed by atoms with Crippen LogP contribution in [0, 0.1) is 10.1 Å². The Morgan fingerprint density at radius 1 is 1.09 bits per heavy atom. The van der Waals surface area contributed by atoms with Crippen LogP contribution in [0.25, 0.3) is 5.69 Å². The summed E-state index contributed by atoms with van der Waals surface area (Å²) in [5.74, 6) is 0.460. The number of amides is 1. The third kappa shape index (κ3) is 4.97. The minimum Gasteiger partial charge on any atom is -0.366 e. The fraction of sp³-hybridized carbons (Fsp3) is 0.318. The van der Waals surface area contributed by atoms with E-state index in [1.807, 2.05) is 34.9 Å². The van der Waals surface area contributed by atoms with Crippen LogP contribution >= 0.6 is 11.8 Å². The van der Waals surface area contributed by atoms with E-state index in [1.165, 1.54) is 43.2 Å². The van der Waals surface area contributed by atoms with E-state index in [1.54, 1.807) is 6.07 Å². The quantitative estimate of drug-likeness (QED) is 0.315. The Morgan fingerprint density at radius 3 is 2.53 bits per heavy atom. The number of hydrogen-bond acceptors (Lipinski definition) is 7. The van der Waals surface area contributed by atoms with Gasteiger partial charge in [-0.15, -0.1) is 10.2 Å². The van der Waals surface area contributed by atoms with Gasteiger partial charge in [-0.1, -0.05) is 42.4 Å². The van der Waals surface area contributed by atoms with Gasteiger partial charge in [-0.3, -0.25) is 24.4 Å². The van der Waals surface area contributed by atoms with Crippen LogP contribution in [0.3, 0.4) is 0 Å². The highest BCUT2D eigenvalue weighted by Gasteiger charge is 2.21. The number of aromatic nitrogens is 3. The van der Waals surface area contributed by atoms with Gasteiger partial charge >= 0.3 is 0 Å². The van der Waals surface area contributed by atoms with Gasteiger partial charge in [0.15, 0.2) is 11.0 Å². The van der Waals surface area contributed by atoms with Crippen molar-refractivity contribution in [3.05, 3.63) is 75.6 Å². The van der Waals surface area contributed by atoms with E-state index in [2.05, 4.69) is 15.1 Å². The summed E-state index contributed by atoms with van der Waals surface area (Å²) >= 11 is 1.37. The van der Waals surface area contributed by atoms with E-state index in [0.717, 1.165) is 24.6 Å². The number of rotatable bonds is 8. The molecular weight excluding hydrogens is 428 g/mol. The summed E-state index contributed by atoms with van der Waals surface area (Å²) in [6.07, 6.45) is 3.63. The Labute approximate surface area is 189 Å². The molecule has 0 radical (unpaired) electrons. The monoisotopic (exact) mass is 452 g/mol. The second-order valence-electron chi connectivity index (χ2n) is 7.66. The van der Waals surface area contributed by atoms with E-state index in [-0.39, 0.29) is 11.3 Å². The van der Waals surface area contributed by atoms with Crippen LogP contribution in [-0.2, 0) is 12.3 Å². The van der Waals surface area contributed by atoms with Crippen molar-refractivity contribution in [1.29, 1.82) is 0 Å². The molecule has 3 aromatic rings. The molecular formula is C22H24N6O3S. The minimum atomic E-state index is -0.696. The number of nitro groups is 1. The van der Waals surface area contributed by atoms with Gasteiger partial charge in [-0.2, -0.15) is 0 Å². The van der Waals surface area contributed by atoms with Gasteiger partial charge in [0.1, 0.15) is 0 Å². The standard InChI is InChI=1S/C22H24N6O3S/c23-21(29)16-9-10-17(19(13-16)28(30)31)15-32-22-25-24-20(14-26-11-5-2-6-12-26)27(22)18-7-3-1-4-8-18/h1,3-4,7-10,13H,2,5-6,11-12,14-15H2,(H2,23,29). The smallest absolute Gasteiger partial charge is 0.274 e. The number of primary amides is 1. The SMILES string of the molecule is NC(=O)c1ccc(CSc2nnc(CN3CCCCC3)n2-c2ccccc2)c([N+](=O)[O-])c1. The Hall–Kier alpha value is -3.24. The summed E-state index contributed by atoms with van der Waals surface area (Å²) in [7, 11) is 0. The van der Waals surface area contributed by atoms with Crippen molar-refractivity contribution < 1.29 is 9.72 Å². The number of nitro benzene ring substituents is 1. The first-order chi connectivity index (χ1) is 15.5. The summed E-state index contributed by atoms with van der Waals surface area (Å²) in [4.78, 5) is 24.8. The Kier molecular flexibility index (Phi) is 6.81. The number of carbonyl (C=O) groups is 1. The van der Waals surface area contributed by atoms with E-state index < -0.39 is 10.8 Å². The van der Waals surface area contributed by atoms with Crippen LogP contribution in [-0.4, -0.2) is 43.6 Å². The number of benzene rings is 2. The first-order valence-electron chi connectivity index (χ1n) is 10.4. The van der Waals surface area contributed by atoms with Crippen molar-refractivity contribution in [3.8, 4) is 5.69 Å². The number of likely N-dealkylation sites (tertiary alicyclic amines) is 1. The predicted octanol–water partition coefficient (Wildman–Crippen LogP) is 3.55. The lowest BCUT2D eigenvalue weighted by Crippen LogP contribution is -2.30. The summed E-state index contributed by atoms with van der Waals surface area (Å²) in [5, 5.41) is 21.0. The predicted molar refractivity (Wildman–Crippen MR) is 122 cm³/mol. The van der Waals surface area contributed by atoms with Crippen LogP contribution in [0.15, 0.2) is 53.7 Å². The fourth-order valence-corrected chi connectivity index (χ4v) is 4.77. The van der Waals surface area contributed by atoms with Crippen LogP contribution in [0.2, 0.25) is 0 Å². The molecule has 0 atom stereocenters. The van der Waals surface area contributed by atoms with Crippen molar-refractivity contribution in [2.75, 3.05) is 13.1 Å². The van der Waals surface area contributed by atoms with E-state index in [9.17, 15) is 14.9 Å². The molecule has 1 aromatic heterocycles. The van der Waals surface area contributed by atoms with Crippen LogP contribution < -0.4 is 5.73 Å². The molecule has 1 aliphatic rings. The zero-order chi connectivity index (χ0) is 22.5. The molecule has 2 aromatic carbocycles. The molecule has 0 spiro atoms. The van der Waals surface area contributed by atoms with Gasteiger partial charge in [0.05, 0.1) is 11.5 Å². The zero-order valence-electron chi connectivity index (χ0n) is 17.5. The summed E-state index contributed by atoms with van der Waals surface area (Å²) in [5.41, 5.74) is 6.69. The van der Waals surface area contributed by atoms with Crippen molar-refractivity contribution in [2.24, 2.45) is 5.73 Å². The highest BCUT2D eigenvalue weighted by Crippen LogP contribution is 2.30. The van der Waals surface area contributed by atoms with Crippen molar-refractivity contribution in [3.63, 3.8) is 0 Å². The number of para-hydroxylation sites is 1. The number of thioether (sulfide) groups is 1. The molecule has 10 heteroatoms. The highest BCUT2D eigenvalue weighted by atomic mass is 32.2. The van der Waals surface area contributed by atoms with Gasteiger partial charge in [-0.05, 0) is 44.1 Å². The lowest BCUT2D eigenvalue weighted by Gasteiger charge is -2.26. The summed E-state index contributed by atoms with van der Waals surface area (Å²) in [6, 6.07) is 14.2. The Bertz CT molecular complexity index is 1110. The Morgan fingerprint density at radius 2 is 1.84 bits per heavy atom. The van der Waals surface area contributed by atoms with Crippen LogP contribution in [0.4, 0.5) is 5.69 Å². The fourth-order valence-electron chi connectivity index (χ4n) is 3.80. The van der Waals surface area contributed by atoms with E-state index >= 15 is 0 Å². The molecule has 1 aliphatic heterocycles. The van der Waals surface area contributed by atoms with Crippen molar-refractivity contribution in [1.82, 2.24) is 19.7 Å². The molecule has 1 amide bonds. The van der Waals surface area contributed by atoms with Gasteiger partial charge in [0, 0.05) is 28.6 Å². The largest absolute Gasteiger partial charge is 0.366 e. The summed E-state index contributed by atoms with van der Waals surface area (Å²) < 4.78 is 2.02. The molecule has 166 valence electrons. The molecule has 4 rings (SSSR count). The van der Waals surface area contributed by atoms with Gasteiger partial charge in [-0.25, -0.2) is 0 Å². The molecule has 2 heterocycles. The number of piperidine rings is 1. The lowest BCUT2D eigenvalue weighted by atomic mass is 10.1. The molecule has 32 heavy (non-hydrogen) atoms. The van der Waals surface area contributed by atoms with E-state index in [0.29, 0.717) is 23.0 Å². The number of carbonyl (C=O) groups excluding carboxylic acids is 1. The van der Waals surface area contributed by atoms with E-state index in [4.69, 9.17) is 5.73 Å². The molecule has 1 saturated heterocycles.